The fraction of sp³-hybridized carbons (Fsp3) is 0.0667. The third kappa shape index (κ3) is 4.78. The molecule has 0 spiro atoms. The number of benzene rings is 3. The molecule has 2 unspecified atom stereocenters. The van der Waals surface area contributed by atoms with E-state index in [9.17, 15) is 5.11 Å². The van der Waals surface area contributed by atoms with Gasteiger partial charge >= 0.3 is 0 Å². The van der Waals surface area contributed by atoms with Gasteiger partial charge < -0.3 is 5.11 Å². The summed E-state index contributed by atoms with van der Waals surface area (Å²) in [4.78, 5) is 5.03. The van der Waals surface area contributed by atoms with Crippen molar-refractivity contribution >= 4 is 32.6 Å². The van der Waals surface area contributed by atoms with Crippen LogP contribution in [0.5, 0.6) is 0 Å². The maximum atomic E-state index is 13.4. The highest BCUT2D eigenvalue weighted by molar-refractivity contribution is 9.10. The Labute approximate surface area is 207 Å². The van der Waals surface area contributed by atoms with Gasteiger partial charge in [-0.25, -0.2) is 4.98 Å². The molecule has 5 aromatic rings. The first-order chi connectivity index (χ1) is 16.7. The molecule has 0 aliphatic rings. The highest BCUT2D eigenvalue weighted by atomic mass is 79.9. The van der Waals surface area contributed by atoms with Gasteiger partial charge in [-0.1, -0.05) is 94.8 Å². The third-order valence-electron chi connectivity index (χ3n) is 5.97. The second-order valence-electron chi connectivity index (χ2n) is 8.17. The fourth-order valence-corrected chi connectivity index (χ4v) is 4.55. The lowest BCUT2D eigenvalue weighted by Gasteiger charge is -2.24. The quantitative estimate of drug-likeness (QED) is 0.207. The van der Waals surface area contributed by atoms with Crippen LogP contribution in [0.1, 0.15) is 28.8 Å². The van der Waals surface area contributed by atoms with Gasteiger partial charge in [-0.05, 0) is 35.4 Å². The molecule has 166 valence electrons. The van der Waals surface area contributed by atoms with Crippen molar-refractivity contribution in [1.82, 2.24) is 4.98 Å². The van der Waals surface area contributed by atoms with E-state index in [0.717, 1.165) is 26.6 Å². The van der Waals surface area contributed by atoms with Crippen molar-refractivity contribution in [3.05, 3.63) is 149 Å². The largest absolute Gasteiger partial charge is 0.872 e. The highest BCUT2D eigenvalue weighted by Gasteiger charge is 2.32. The lowest BCUT2D eigenvalue weighted by Crippen LogP contribution is -2.43. The van der Waals surface area contributed by atoms with Crippen molar-refractivity contribution in [2.75, 3.05) is 0 Å². The first kappa shape index (κ1) is 22.1. The molecule has 2 atom stereocenters. The molecule has 0 bridgehead atoms. The predicted octanol–water partition coefficient (Wildman–Crippen LogP) is 6.06. The summed E-state index contributed by atoms with van der Waals surface area (Å²) in [6.07, 6.45) is 5.91. The van der Waals surface area contributed by atoms with Crippen LogP contribution in [0.25, 0.3) is 16.7 Å². The lowest BCUT2D eigenvalue weighted by molar-refractivity contribution is -0.716. The minimum absolute atomic E-state index is 0.00385. The van der Waals surface area contributed by atoms with Crippen LogP contribution in [-0.4, -0.2) is 4.98 Å². The summed E-state index contributed by atoms with van der Waals surface area (Å²) in [5.41, 5.74) is 3.56. The van der Waals surface area contributed by atoms with Crippen molar-refractivity contribution in [3.8, 4) is 0 Å². The standard InChI is InChI=1S/C30H23BrN2O/c31-25-16-13-22(14-17-25)26(21-29(34)24-10-3-1-4-11-24)30(33-19-7-2-8-20-33)28-18-15-23-9-5-6-12-27(23)32-28/h1-21,26,30H/b29-21-. The zero-order valence-electron chi connectivity index (χ0n) is 18.5. The molecule has 0 aliphatic heterocycles. The van der Waals surface area contributed by atoms with E-state index in [1.165, 1.54) is 0 Å². The molecule has 0 radical (unpaired) electrons. The summed E-state index contributed by atoms with van der Waals surface area (Å²) >= 11 is 3.54. The number of hydrogen-bond donors (Lipinski definition) is 0. The van der Waals surface area contributed by atoms with E-state index in [2.05, 4.69) is 50.8 Å². The number of rotatable bonds is 6. The molecule has 0 amide bonds. The van der Waals surface area contributed by atoms with Crippen LogP contribution in [0.15, 0.2) is 132 Å². The van der Waals surface area contributed by atoms with Crippen LogP contribution in [0.2, 0.25) is 0 Å². The monoisotopic (exact) mass is 506 g/mol. The number of hydrogen-bond acceptors (Lipinski definition) is 2. The minimum Gasteiger partial charge on any atom is -0.872 e. The SMILES string of the molecule is [O-]/C(=C\C(c1ccc(Br)cc1)C(c1ccc2ccccc2n1)[n+]1ccccc1)c1ccccc1. The number of nitrogens with zero attached hydrogens (tertiary/aromatic N) is 2. The van der Waals surface area contributed by atoms with Gasteiger partial charge in [0.1, 0.15) is 5.69 Å². The second kappa shape index (κ2) is 10.0. The summed E-state index contributed by atoms with van der Waals surface area (Å²) < 4.78 is 3.13. The average Bonchev–Trinajstić information content (AvgIpc) is 2.90. The smallest absolute Gasteiger partial charge is 0.210 e. The Morgan fingerprint density at radius 3 is 2.21 bits per heavy atom. The molecule has 4 heteroatoms. The summed E-state index contributed by atoms with van der Waals surface area (Å²) in [5.74, 6) is -0.238. The molecular weight excluding hydrogens is 484 g/mol. The van der Waals surface area contributed by atoms with E-state index in [1.807, 2.05) is 97.3 Å². The zero-order valence-corrected chi connectivity index (χ0v) is 20.0. The van der Waals surface area contributed by atoms with Gasteiger partial charge in [0.05, 0.1) is 11.4 Å². The van der Waals surface area contributed by atoms with Gasteiger partial charge in [0.2, 0.25) is 6.04 Å². The number of aromatic nitrogens is 2. The Balaban J connectivity index is 1.71. The number of para-hydroxylation sites is 1. The van der Waals surface area contributed by atoms with Crippen molar-refractivity contribution in [2.24, 2.45) is 0 Å². The third-order valence-corrected chi connectivity index (χ3v) is 6.50. The summed E-state index contributed by atoms with van der Waals surface area (Å²) in [6.45, 7) is 0. The molecule has 0 saturated carbocycles. The average molecular weight is 507 g/mol. The van der Waals surface area contributed by atoms with E-state index < -0.39 is 0 Å². The van der Waals surface area contributed by atoms with Crippen LogP contribution in [0.4, 0.5) is 0 Å². The fourth-order valence-electron chi connectivity index (χ4n) is 4.28. The Kier molecular flexibility index (Phi) is 6.50. The van der Waals surface area contributed by atoms with Crippen LogP contribution >= 0.6 is 15.9 Å². The molecule has 2 heterocycles. The van der Waals surface area contributed by atoms with E-state index in [0.29, 0.717) is 5.56 Å². The number of allylic oxidation sites excluding steroid dienone is 1. The minimum atomic E-state index is -0.234. The Morgan fingerprint density at radius 2 is 1.44 bits per heavy atom. The van der Waals surface area contributed by atoms with Gasteiger partial charge in [-0.15, -0.1) is 5.76 Å². The maximum absolute atomic E-state index is 13.4. The van der Waals surface area contributed by atoms with E-state index in [-0.39, 0.29) is 17.7 Å². The zero-order chi connectivity index (χ0) is 23.3. The van der Waals surface area contributed by atoms with Crippen molar-refractivity contribution < 1.29 is 9.67 Å². The van der Waals surface area contributed by atoms with E-state index in [1.54, 1.807) is 0 Å². The van der Waals surface area contributed by atoms with Gasteiger partial charge in [-0.3, -0.25) is 0 Å². The maximum Gasteiger partial charge on any atom is 0.210 e. The second-order valence-corrected chi connectivity index (χ2v) is 9.09. The highest BCUT2D eigenvalue weighted by Crippen LogP contribution is 2.34. The van der Waals surface area contributed by atoms with Crippen LogP contribution in [0.3, 0.4) is 0 Å². The number of pyridine rings is 2. The number of halogens is 1. The van der Waals surface area contributed by atoms with Gasteiger partial charge in [0.25, 0.3) is 0 Å². The molecule has 0 N–H and O–H groups in total. The van der Waals surface area contributed by atoms with Crippen molar-refractivity contribution in [3.63, 3.8) is 0 Å². The van der Waals surface area contributed by atoms with Gasteiger partial charge in [0, 0.05) is 22.0 Å². The molecule has 3 aromatic carbocycles. The number of fused-ring (bicyclic) bond motifs is 1. The molecule has 0 aliphatic carbocycles. The normalized spacial score (nSPS) is 13.5. The van der Waals surface area contributed by atoms with Gasteiger partial charge in [0.15, 0.2) is 12.4 Å². The summed E-state index contributed by atoms with van der Waals surface area (Å²) in [7, 11) is 0. The summed E-state index contributed by atoms with van der Waals surface area (Å²) in [6, 6.07) is 35.7. The predicted molar refractivity (Wildman–Crippen MR) is 138 cm³/mol. The first-order valence-corrected chi connectivity index (χ1v) is 12.0. The molecule has 2 aromatic heterocycles. The van der Waals surface area contributed by atoms with Crippen LogP contribution in [-0.2, 0) is 0 Å². The topological polar surface area (TPSA) is 39.8 Å². The Hall–Kier alpha value is -3.76. The first-order valence-electron chi connectivity index (χ1n) is 11.2. The van der Waals surface area contributed by atoms with E-state index in [4.69, 9.17) is 4.98 Å². The van der Waals surface area contributed by atoms with E-state index >= 15 is 0 Å². The molecule has 34 heavy (non-hydrogen) atoms. The Bertz CT molecular complexity index is 1420. The van der Waals surface area contributed by atoms with Crippen LogP contribution < -0.4 is 9.67 Å². The van der Waals surface area contributed by atoms with Crippen molar-refractivity contribution in [1.29, 1.82) is 0 Å². The van der Waals surface area contributed by atoms with Crippen LogP contribution in [0, 0.1) is 0 Å². The molecular formula is C30H23BrN2O. The van der Waals surface area contributed by atoms with Crippen molar-refractivity contribution in [2.45, 2.75) is 12.0 Å². The molecule has 5 rings (SSSR count). The molecule has 0 fully saturated rings. The molecule has 0 saturated heterocycles. The Morgan fingerprint density at radius 1 is 0.765 bits per heavy atom. The molecule has 3 nitrogen and oxygen atoms in total. The van der Waals surface area contributed by atoms with Gasteiger partial charge in [-0.2, -0.15) is 4.57 Å². The summed E-state index contributed by atoms with van der Waals surface area (Å²) in [5, 5.41) is 14.5. The lowest BCUT2D eigenvalue weighted by atomic mass is 9.87.